The lowest BCUT2D eigenvalue weighted by Crippen LogP contribution is -2.45. The third kappa shape index (κ3) is 5.77. The molecule has 0 spiro atoms. The van der Waals surface area contributed by atoms with Gasteiger partial charge in [-0.3, -0.25) is 4.79 Å². The van der Waals surface area contributed by atoms with Gasteiger partial charge in [0.15, 0.2) is 11.5 Å². The molecule has 37 heavy (non-hydrogen) atoms. The van der Waals surface area contributed by atoms with Gasteiger partial charge in [-0.1, -0.05) is 31.5 Å². The summed E-state index contributed by atoms with van der Waals surface area (Å²) in [6.45, 7) is 6.46. The fourth-order valence-corrected chi connectivity index (χ4v) is 5.10. The summed E-state index contributed by atoms with van der Waals surface area (Å²) in [6, 6.07) is 11.9. The van der Waals surface area contributed by atoms with Crippen LogP contribution in [0.3, 0.4) is 0 Å². The third-order valence-corrected chi connectivity index (χ3v) is 7.12. The van der Waals surface area contributed by atoms with Crippen molar-refractivity contribution in [2.75, 3.05) is 46.8 Å². The minimum atomic E-state index is -0.954. The number of methoxy groups -OCH3 is 1. The minimum Gasteiger partial charge on any atom is -0.497 e. The molecular weight excluding hydrogens is 476 g/mol. The molecule has 1 N–H and O–H groups in total. The molecule has 2 unspecified atom stereocenters. The molecule has 1 saturated heterocycles. The molecule has 9 heteroatoms. The smallest absolute Gasteiger partial charge is 0.320 e. The standard InChI is InChI=1S/C28H36N2O7/c1-4-6-14-35-15-13-29(5-2)28(33)30-17-22(20-9-12-23-24(16-20)37-18-36-23)25(27(31)32)26(30)19-7-10-21(34-3)11-8-19/h7-12,16,22,25-26H,4-6,13-15,17-18H2,1-3H3,(H,31,32)/t22?,25?,26-/m1/s1. The second kappa shape index (κ2) is 12.2. The Hall–Kier alpha value is -3.46. The number of carbonyl (C=O) groups is 2. The second-order valence-corrected chi connectivity index (χ2v) is 9.28. The fourth-order valence-electron chi connectivity index (χ4n) is 5.10. The largest absolute Gasteiger partial charge is 0.497 e. The first kappa shape index (κ1) is 26.6. The number of hydrogen-bond donors (Lipinski definition) is 1. The van der Waals surface area contributed by atoms with Gasteiger partial charge in [0, 0.05) is 32.2 Å². The minimum absolute atomic E-state index is 0.136. The number of unbranched alkanes of at least 4 members (excludes halogenated alkanes) is 1. The van der Waals surface area contributed by atoms with E-state index < -0.39 is 23.8 Å². The Morgan fingerprint density at radius 1 is 1.05 bits per heavy atom. The number of rotatable bonds is 11. The average Bonchev–Trinajstić information content (AvgIpc) is 3.55. The van der Waals surface area contributed by atoms with Crippen LogP contribution in [0.4, 0.5) is 4.79 Å². The van der Waals surface area contributed by atoms with Crippen LogP contribution in [0, 0.1) is 5.92 Å². The Kier molecular flexibility index (Phi) is 8.76. The zero-order valence-corrected chi connectivity index (χ0v) is 21.7. The second-order valence-electron chi connectivity index (χ2n) is 9.28. The molecule has 2 aliphatic heterocycles. The van der Waals surface area contributed by atoms with E-state index in [0.29, 0.717) is 43.6 Å². The van der Waals surface area contributed by atoms with Gasteiger partial charge in [0.1, 0.15) is 5.75 Å². The highest BCUT2D eigenvalue weighted by Gasteiger charge is 2.50. The molecule has 3 atom stereocenters. The first-order chi connectivity index (χ1) is 18.0. The Balaban J connectivity index is 1.66. The quantitative estimate of drug-likeness (QED) is 0.442. The third-order valence-electron chi connectivity index (χ3n) is 7.12. The number of carboxylic acids is 1. The van der Waals surface area contributed by atoms with Crippen LogP contribution < -0.4 is 14.2 Å². The van der Waals surface area contributed by atoms with Crippen molar-refractivity contribution in [2.45, 2.75) is 38.6 Å². The van der Waals surface area contributed by atoms with Gasteiger partial charge < -0.3 is 33.9 Å². The van der Waals surface area contributed by atoms with Gasteiger partial charge in [0.05, 0.1) is 25.7 Å². The Morgan fingerprint density at radius 2 is 1.78 bits per heavy atom. The van der Waals surface area contributed by atoms with Crippen LogP contribution in [0.2, 0.25) is 0 Å². The van der Waals surface area contributed by atoms with E-state index in [4.69, 9.17) is 18.9 Å². The number of amides is 2. The van der Waals surface area contributed by atoms with Gasteiger partial charge in [-0.05, 0) is 48.7 Å². The fraction of sp³-hybridized carbons (Fsp3) is 0.500. The summed E-state index contributed by atoms with van der Waals surface area (Å²) in [5.41, 5.74) is 1.55. The molecule has 4 rings (SSSR count). The van der Waals surface area contributed by atoms with Crippen LogP contribution in [0.5, 0.6) is 17.2 Å². The molecule has 2 aromatic carbocycles. The monoisotopic (exact) mass is 512 g/mol. The summed E-state index contributed by atoms with van der Waals surface area (Å²) in [5.74, 6) is -0.344. The lowest BCUT2D eigenvalue weighted by Gasteiger charge is -2.32. The summed E-state index contributed by atoms with van der Waals surface area (Å²) < 4.78 is 22.0. The van der Waals surface area contributed by atoms with E-state index in [1.807, 2.05) is 31.2 Å². The SMILES string of the molecule is CCCCOCCN(CC)C(=O)N1CC(c2ccc3c(c2)OCO3)C(C(=O)O)[C@H]1c1ccc(OC)cc1. The molecule has 2 aliphatic rings. The molecule has 2 aromatic rings. The topological polar surface area (TPSA) is 97.8 Å². The van der Waals surface area contributed by atoms with E-state index in [9.17, 15) is 14.7 Å². The normalized spacial score (nSPS) is 20.2. The van der Waals surface area contributed by atoms with Crippen molar-refractivity contribution >= 4 is 12.0 Å². The van der Waals surface area contributed by atoms with Crippen molar-refractivity contribution in [1.82, 2.24) is 9.80 Å². The van der Waals surface area contributed by atoms with Crippen LogP contribution in [0.1, 0.15) is 49.8 Å². The van der Waals surface area contributed by atoms with Crippen LogP contribution in [0.15, 0.2) is 42.5 Å². The molecule has 0 saturated carbocycles. The van der Waals surface area contributed by atoms with Gasteiger partial charge in [0.25, 0.3) is 0 Å². The van der Waals surface area contributed by atoms with E-state index in [1.54, 1.807) is 35.1 Å². The predicted octanol–water partition coefficient (Wildman–Crippen LogP) is 4.52. The number of likely N-dealkylation sites (N-methyl/N-ethyl adjacent to an activating group) is 1. The maximum absolute atomic E-state index is 13.9. The van der Waals surface area contributed by atoms with Crippen molar-refractivity contribution in [3.05, 3.63) is 53.6 Å². The van der Waals surface area contributed by atoms with Crippen molar-refractivity contribution < 1.29 is 33.6 Å². The number of fused-ring (bicyclic) bond motifs is 1. The Morgan fingerprint density at radius 3 is 2.46 bits per heavy atom. The van der Waals surface area contributed by atoms with Crippen molar-refractivity contribution in [2.24, 2.45) is 5.92 Å². The predicted molar refractivity (Wildman–Crippen MR) is 137 cm³/mol. The van der Waals surface area contributed by atoms with Crippen molar-refractivity contribution in [1.29, 1.82) is 0 Å². The van der Waals surface area contributed by atoms with Crippen LogP contribution >= 0.6 is 0 Å². The number of nitrogens with zero attached hydrogens (tertiary/aromatic N) is 2. The van der Waals surface area contributed by atoms with Gasteiger partial charge in [0.2, 0.25) is 6.79 Å². The zero-order valence-electron chi connectivity index (χ0n) is 21.7. The van der Waals surface area contributed by atoms with Gasteiger partial charge in [-0.2, -0.15) is 0 Å². The van der Waals surface area contributed by atoms with Gasteiger partial charge in [-0.15, -0.1) is 0 Å². The summed E-state index contributed by atoms with van der Waals surface area (Å²) >= 11 is 0. The number of benzene rings is 2. The number of carboxylic acid groups (broad SMARTS) is 1. The summed E-state index contributed by atoms with van der Waals surface area (Å²) in [4.78, 5) is 30.0. The average molecular weight is 513 g/mol. The molecule has 0 aliphatic carbocycles. The highest BCUT2D eigenvalue weighted by molar-refractivity contribution is 5.80. The molecule has 9 nitrogen and oxygen atoms in total. The lowest BCUT2D eigenvalue weighted by molar-refractivity contribution is -0.143. The summed E-state index contributed by atoms with van der Waals surface area (Å²) in [5, 5.41) is 10.4. The maximum atomic E-state index is 13.9. The van der Waals surface area contributed by atoms with Crippen molar-refractivity contribution in [3.8, 4) is 17.2 Å². The van der Waals surface area contributed by atoms with Crippen LogP contribution in [-0.4, -0.2) is 73.7 Å². The van der Waals surface area contributed by atoms with Crippen LogP contribution in [0.25, 0.3) is 0 Å². The summed E-state index contributed by atoms with van der Waals surface area (Å²) in [6.07, 6.45) is 2.02. The zero-order chi connectivity index (χ0) is 26.4. The molecule has 2 heterocycles. The van der Waals surface area contributed by atoms with E-state index in [0.717, 1.165) is 24.0 Å². The summed E-state index contributed by atoms with van der Waals surface area (Å²) in [7, 11) is 1.58. The van der Waals surface area contributed by atoms with E-state index in [-0.39, 0.29) is 19.4 Å². The molecule has 0 radical (unpaired) electrons. The van der Waals surface area contributed by atoms with Crippen molar-refractivity contribution in [3.63, 3.8) is 0 Å². The van der Waals surface area contributed by atoms with Gasteiger partial charge in [-0.25, -0.2) is 4.79 Å². The Bertz CT molecular complexity index is 1070. The molecular formula is C28H36N2O7. The molecule has 0 bridgehead atoms. The number of ether oxygens (including phenoxy) is 4. The number of aliphatic carboxylic acids is 1. The first-order valence-corrected chi connectivity index (χ1v) is 12.9. The first-order valence-electron chi connectivity index (χ1n) is 12.9. The lowest BCUT2D eigenvalue weighted by atomic mass is 9.83. The number of carbonyl (C=O) groups excluding carboxylic acids is 1. The number of hydrogen-bond acceptors (Lipinski definition) is 6. The van der Waals surface area contributed by atoms with E-state index >= 15 is 0 Å². The molecule has 2 amide bonds. The maximum Gasteiger partial charge on any atom is 0.320 e. The van der Waals surface area contributed by atoms with E-state index in [2.05, 4.69) is 6.92 Å². The molecule has 200 valence electrons. The van der Waals surface area contributed by atoms with Gasteiger partial charge >= 0.3 is 12.0 Å². The van der Waals surface area contributed by atoms with Crippen LogP contribution in [-0.2, 0) is 9.53 Å². The highest BCUT2D eigenvalue weighted by atomic mass is 16.7. The number of urea groups is 1. The highest BCUT2D eigenvalue weighted by Crippen LogP contribution is 2.48. The number of likely N-dealkylation sites (tertiary alicyclic amines) is 1. The molecule has 0 aromatic heterocycles. The molecule has 1 fully saturated rings. The van der Waals surface area contributed by atoms with E-state index in [1.165, 1.54) is 0 Å². The Labute approximate surface area is 217 Å².